The van der Waals surface area contributed by atoms with E-state index in [1.165, 1.54) is 0 Å². The second-order valence-corrected chi connectivity index (χ2v) is 2.36. The molecule has 0 aliphatic rings. The minimum absolute atomic E-state index is 0.176. The molecule has 0 unspecified atom stereocenters. The second kappa shape index (κ2) is 3.40. The summed E-state index contributed by atoms with van der Waals surface area (Å²) in [6.45, 7) is 1.42. The van der Waals surface area contributed by atoms with Crippen LogP contribution in [0, 0.1) is 0 Å². The molecule has 2 N–H and O–H groups in total. The Morgan fingerprint density at radius 3 is 2.75 bits per heavy atom. The molecule has 12 heavy (non-hydrogen) atoms. The van der Waals surface area contributed by atoms with Crippen LogP contribution in [-0.4, -0.2) is 10.2 Å². The lowest BCUT2D eigenvalue weighted by atomic mass is 10.3. The fourth-order valence-corrected chi connectivity index (χ4v) is 0.906. The SMILES string of the molecule is CCc1oc(CO)cc(=O)c1O. The Kier molecular flexibility index (Phi) is 2.50. The average Bonchev–Trinajstić information content (AvgIpc) is 2.09. The van der Waals surface area contributed by atoms with Gasteiger partial charge in [-0.2, -0.15) is 0 Å². The van der Waals surface area contributed by atoms with Crippen LogP contribution in [-0.2, 0) is 13.0 Å². The lowest BCUT2D eigenvalue weighted by Crippen LogP contribution is -2.04. The molecule has 0 aliphatic carbocycles. The Morgan fingerprint density at radius 2 is 2.25 bits per heavy atom. The molecule has 0 aromatic carbocycles. The first-order valence-electron chi connectivity index (χ1n) is 3.64. The van der Waals surface area contributed by atoms with Gasteiger partial charge in [0, 0.05) is 12.5 Å². The summed E-state index contributed by atoms with van der Waals surface area (Å²) in [6.07, 6.45) is 0.426. The first-order chi connectivity index (χ1) is 5.69. The highest BCUT2D eigenvalue weighted by Gasteiger charge is 2.07. The molecule has 0 atom stereocenters. The van der Waals surface area contributed by atoms with Crippen LogP contribution >= 0.6 is 0 Å². The second-order valence-electron chi connectivity index (χ2n) is 2.36. The molecule has 4 nitrogen and oxygen atoms in total. The van der Waals surface area contributed by atoms with Gasteiger partial charge in [-0.1, -0.05) is 6.92 Å². The topological polar surface area (TPSA) is 70.7 Å². The smallest absolute Gasteiger partial charge is 0.227 e. The van der Waals surface area contributed by atoms with E-state index in [4.69, 9.17) is 14.6 Å². The first-order valence-corrected chi connectivity index (χ1v) is 3.64. The molecular formula is C8H10O4. The summed E-state index contributed by atoms with van der Waals surface area (Å²) in [4.78, 5) is 11.0. The van der Waals surface area contributed by atoms with Crippen molar-refractivity contribution in [2.75, 3.05) is 0 Å². The Bertz CT molecular complexity index is 326. The highest BCUT2D eigenvalue weighted by Crippen LogP contribution is 2.13. The van der Waals surface area contributed by atoms with Gasteiger partial charge in [-0.05, 0) is 0 Å². The number of aliphatic hydroxyl groups excluding tert-OH is 1. The van der Waals surface area contributed by atoms with Gasteiger partial charge in [0.1, 0.15) is 18.1 Å². The molecule has 1 aromatic heterocycles. The largest absolute Gasteiger partial charge is 0.502 e. The van der Waals surface area contributed by atoms with Crippen molar-refractivity contribution in [1.29, 1.82) is 0 Å². The zero-order valence-corrected chi connectivity index (χ0v) is 6.70. The standard InChI is InChI=1S/C8H10O4/c1-2-7-8(11)6(10)3-5(4-9)12-7/h3,9,11H,2,4H2,1H3. The Labute approximate surface area is 69.1 Å². The van der Waals surface area contributed by atoms with Gasteiger partial charge in [0.25, 0.3) is 0 Å². The van der Waals surface area contributed by atoms with Crippen LogP contribution in [0.4, 0.5) is 0 Å². The summed E-state index contributed by atoms with van der Waals surface area (Å²) in [5, 5.41) is 17.8. The summed E-state index contributed by atoms with van der Waals surface area (Å²) in [6, 6.07) is 1.08. The van der Waals surface area contributed by atoms with Crippen molar-refractivity contribution < 1.29 is 14.6 Å². The van der Waals surface area contributed by atoms with Crippen LogP contribution in [0.1, 0.15) is 18.4 Å². The van der Waals surface area contributed by atoms with Crippen molar-refractivity contribution in [2.45, 2.75) is 20.0 Å². The third-order valence-electron chi connectivity index (χ3n) is 1.52. The maximum atomic E-state index is 11.0. The molecule has 1 rings (SSSR count). The van der Waals surface area contributed by atoms with Gasteiger partial charge in [-0.15, -0.1) is 0 Å². The van der Waals surface area contributed by atoms with E-state index >= 15 is 0 Å². The summed E-state index contributed by atoms with van der Waals surface area (Å²) in [7, 11) is 0. The molecule has 1 heterocycles. The highest BCUT2D eigenvalue weighted by atomic mass is 16.4. The molecule has 0 bridgehead atoms. The van der Waals surface area contributed by atoms with Crippen LogP contribution in [0.15, 0.2) is 15.3 Å². The number of rotatable bonds is 2. The summed E-state index contributed by atoms with van der Waals surface area (Å²) >= 11 is 0. The van der Waals surface area contributed by atoms with Gasteiger partial charge in [0.15, 0.2) is 0 Å². The Balaban J connectivity index is 3.29. The van der Waals surface area contributed by atoms with Gasteiger partial charge in [0.2, 0.25) is 11.2 Å². The number of aryl methyl sites for hydroxylation is 1. The molecule has 4 heteroatoms. The van der Waals surface area contributed by atoms with E-state index in [1.807, 2.05) is 0 Å². The van der Waals surface area contributed by atoms with Crippen LogP contribution in [0.5, 0.6) is 5.75 Å². The lowest BCUT2D eigenvalue weighted by molar-refractivity contribution is 0.236. The average molecular weight is 170 g/mol. The van der Waals surface area contributed by atoms with Crippen molar-refractivity contribution in [3.8, 4) is 5.75 Å². The summed E-state index contributed by atoms with van der Waals surface area (Å²) in [5.41, 5.74) is -0.512. The van der Waals surface area contributed by atoms with Gasteiger partial charge in [0.05, 0.1) is 0 Å². The maximum absolute atomic E-state index is 11.0. The summed E-state index contributed by atoms with van der Waals surface area (Å²) in [5.74, 6) is 0.0240. The van der Waals surface area contributed by atoms with E-state index in [2.05, 4.69) is 0 Å². The van der Waals surface area contributed by atoms with Gasteiger partial charge in [-0.3, -0.25) is 4.79 Å². The molecule has 0 amide bonds. The third-order valence-corrected chi connectivity index (χ3v) is 1.52. The van der Waals surface area contributed by atoms with Crippen molar-refractivity contribution in [2.24, 2.45) is 0 Å². The monoisotopic (exact) mass is 170 g/mol. The quantitative estimate of drug-likeness (QED) is 0.674. The van der Waals surface area contributed by atoms with E-state index in [9.17, 15) is 4.79 Å². The molecule has 0 fully saturated rings. The Hall–Kier alpha value is -1.29. The first kappa shape index (κ1) is 8.80. The number of aliphatic hydroxyl groups is 1. The van der Waals surface area contributed by atoms with E-state index in [1.54, 1.807) is 6.92 Å². The third kappa shape index (κ3) is 1.48. The van der Waals surface area contributed by atoms with Crippen molar-refractivity contribution in [1.82, 2.24) is 0 Å². The van der Waals surface area contributed by atoms with Crippen LogP contribution in [0.3, 0.4) is 0 Å². The van der Waals surface area contributed by atoms with E-state index in [0.29, 0.717) is 6.42 Å². The zero-order valence-electron chi connectivity index (χ0n) is 6.70. The van der Waals surface area contributed by atoms with Gasteiger partial charge < -0.3 is 14.6 Å². The van der Waals surface area contributed by atoms with Crippen LogP contribution in [0.2, 0.25) is 0 Å². The van der Waals surface area contributed by atoms with Crippen LogP contribution in [0.25, 0.3) is 0 Å². The minimum atomic E-state index is -0.512. The van der Waals surface area contributed by atoms with E-state index in [0.717, 1.165) is 6.07 Å². The number of hydrogen-bond donors (Lipinski definition) is 2. The molecule has 0 radical (unpaired) electrons. The predicted octanol–water partition coefficient (Wildman–Crippen LogP) is 0.400. The zero-order chi connectivity index (χ0) is 9.14. The molecule has 0 saturated heterocycles. The Morgan fingerprint density at radius 1 is 1.58 bits per heavy atom. The minimum Gasteiger partial charge on any atom is -0.502 e. The molecule has 0 aliphatic heterocycles. The molecular weight excluding hydrogens is 160 g/mol. The molecule has 0 saturated carbocycles. The highest BCUT2D eigenvalue weighted by molar-refractivity contribution is 5.24. The van der Waals surface area contributed by atoms with Crippen molar-refractivity contribution >= 4 is 0 Å². The van der Waals surface area contributed by atoms with Crippen molar-refractivity contribution in [3.05, 3.63) is 27.8 Å². The van der Waals surface area contributed by atoms with E-state index in [-0.39, 0.29) is 23.9 Å². The number of hydrogen-bond acceptors (Lipinski definition) is 4. The molecule has 0 spiro atoms. The van der Waals surface area contributed by atoms with Crippen LogP contribution < -0.4 is 5.43 Å². The summed E-state index contributed by atoms with van der Waals surface area (Å²) < 4.78 is 4.99. The van der Waals surface area contributed by atoms with Gasteiger partial charge >= 0.3 is 0 Å². The lowest BCUT2D eigenvalue weighted by Gasteiger charge is -2.01. The normalized spacial score (nSPS) is 10.2. The molecule has 66 valence electrons. The fourth-order valence-electron chi connectivity index (χ4n) is 0.906. The maximum Gasteiger partial charge on any atom is 0.227 e. The molecule has 1 aromatic rings. The fraction of sp³-hybridized carbons (Fsp3) is 0.375. The van der Waals surface area contributed by atoms with Crippen molar-refractivity contribution in [3.63, 3.8) is 0 Å². The number of aromatic hydroxyl groups is 1. The predicted molar refractivity (Wildman–Crippen MR) is 41.9 cm³/mol. The van der Waals surface area contributed by atoms with Gasteiger partial charge in [-0.25, -0.2) is 0 Å². The van der Waals surface area contributed by atoms with E-state index < -0.39 is 5.43 Å².